The van der Waals surface area contributed by atoms with Gasteiger partial charge in [-0.2, -0.15) is 0 Å². The van der Waals surface area contributed by atoms with Crippen molar-refractivity contribution in [3.63, 3.8) is 0 Å². The first-order valence-corrected chi connectivity index (χ1v) is 11.2. The zero-order chi connectivity index (χ0) is 25.9. The Labute approximate surface area is 209 Å². The molecule has 7 nitrogen and oxygen atoms in total. The maximum absolute atomic E-state index is 12.9. The molecule has 0 unspecified atom stereocenters. The summed E-state index contributed by atoms with van der Waals surface area (Å²) >= 11 is 6.53. The molecule has 0 saturated heterocycles. The van der Waals surface area contributed by atoms with Crippen LogP contribution in [0.5, 0.6) is 0 Å². The second kappa shape index (κ2) is 10.5. The van der Waals surface area contributed by atoms with Crippen molar-refractivity contribution >= 4 is 35.1 Å². The van der Waals surface area contributed by atoms with E-state index in [4.69, 9.17) is 11.6 Å². The fourth-order valence-corrected chi connectivity index (χ4v) is 3.97. The van der Waals surface area contributed by atoms with Crippen molar-refractivity contribution < 1.29 is 19.5 Å². The number of Topliss-reactive ketones (excluding diaryl/α,β-unsaturated/α-hetero) is 1. The number of ketones is 1. The number of aromatic nitrogens is 1. The number of aryl methyl sites for hydroxylation is 1. The van der Waals surface area contributed by atoms with E-state index in [-0.39, 0.29) is 22.1 Å². The third-order valence-corrected chi connectivity index (χ3v) is 5.99. The molecule has 0 aliphatic carbocycles. The van der Waals surface area contributed by atoms with Gasteiger partial charge >= 0.3 is 5.97 Å². The first-order chi connectivity index (χ1) is 16.5. The highest BCUT2D eigenvalue weighted by Gasteiger charge is 2.24. The Hall–Kier alpha value is -3.97. The Bertz CT molecular complexity index is 1330. The normalized spacial score (nSPS) is 11.2. The Morgan fingerprint density at radius 1 is 1.00 bits per heavy atom. The van der Waals surface area contributed by atoms with Gasteiger partial charge in [-0.3, -0.25) is 14.5 Å². The predicted molar refractivity (Wildman–Crippen MR) is 137 cm³/mol. The summed E-state index contributed by atoms with van der Waals surface area (Å²) < 4.78 is 0. The van der Waals surface area contributed by atoms with Crippen LogP contribution in [-0.4, -0.2) is 53.8 Å². The van der Waals surface area contributed by atoms with Crippen LogP contribution in [0.2, 0.25) is 5.02 Å². The van der Waals surface area contributed by atoms with E-state index in [9.17, 15) is 19.5 Å². The van der Waals surface area contributed by atoms with Crippen LogP contribution in [0.3, 0.4) is 0 Å². The van der Waals surface area contributed by atoms with Crippen LogP contribution in [0.4, 0.5) is 5.82 Å². The van der Waals surface area contributed by atoms with Crippen LogP contribution in [-0.2, 0) is 4.79 Å². The highest BCUT2D eigenvalue weighted by atomic mass is 35.5. The van der Waals surface area contributed by atoms with Crippen LogP contribution in [0.15, 0.2) is 66.5 Å². The highest BCUT2D eigenvalue weighted by Crippen LogP contribution is 2.33. The van der Waals surface area contributed by atoms with E-state index in [1.54, 1.807) is 64.6 Å². The van der Waals surface area contributed by atoms with E-state index in [2.05, 4.69) is 4.98 Å². The van der Waals surface area contributed by atoms with E-state index in [1.807, 2.05) is 19.1 Å². The molecule has 3 rings (SSSR count). The molecule has 3 aromatic rings. The van der Waals surface area contributed by atoms with Crippen molar-refractivity contribution in [3.8, 4) is 11.1 Å². The van der Waals surface area contributed by atoms with E-state index in [1.165, 1.54) is 22.1 Å². The van der Waals surface area contributed by atoms with Crippen molar-refractivity contribution in [2.45, 2.75) is 13.8 Å². The number of pyridine rings is 1. The van der Waals surface area contributed by atoms with Crippen LogP contribution < -0.4 is 4.90 Å². The quantitative estimate of drug-likeness (QED) is 0.216. The third kappa shape index (κ3) is 5.41. The second-order valence-corrected chi connectivity index (χ2v) is 8.71. The highest BCUT2D eigenvalue weighted by molar-refractivity contribution is 6.37. The number of hydrogen-bond donors (Lipinski definition) is 1. The number of carbonyl (C=O) groups excluding carboxylic acids is 2. The van der Waals surface area contributed by atoms with E-state index < -0.39 is 11.8 Å². The Morgan fingerprint density at radius 3 is 2.23 bits per heavy atom. The maximum Gasteiger partial charge on any atom is 0.341 e. The summed E-state index contributed by atoms with van der Waals surface area (Å²) in [5.41, 5.74) is 3.20. The summed E-state index contributed by atoms with van der Waals surface area (Å²) in [6, 6.07) is 14.1. The molecule has 0 aliphatic heterocycles. The number of nitrogens with zero attached hydrogens (tertiary/aromatic N) is 3. The molecule has 0 fully saturated rings. The molecule has 1 aromatic heterocycles. The van der Waals surface area contributed by atoms with Crippen molar-refractivity contribution in [2.75, 3.05) is 26.0 Å². The van der Waals surface area contributed by atoms with Gasteiger partial charge in [0.25, 0.3) is 5.91 Å². The van der Waals surface area contributed by atoms with Crippen LogP contribution in [0.1, 0.15) is 31.8 Å². The molecule has 1 amide bonds. The molecule has 0 saturated carbocycles. The zero-order valence-corrected chi connectivity index (χ0v) is 20.9. The van der Waals surface area contributed by atoms with Crippen LogP contribution >= 0.6 is 11.6 Å². The van der Waals surface area contributed by atoms with Gasteiger partial charge in [-0.25, -0.2) is 9.78 Å². The number of hydrogen-bond acceptors (Lipinski definition) is 5. The molecular weight excluding hydrogens is 466 g/mol. The van der Waals surface area contributed by atoms with Gasteiger partial charge in [-0.05, 0) is 54.8 Å². The lowest BCUT2D eigenvalue weighted by Gasteiger charge is -2.19. The molecule has 2 aromatic carbocycles. The maximum atomic E-state index is 12.9. The first-order valence-electron chi connectivity index (χ1n) is 10.8. The number of carboxylic acids is 1. The van der Waals surface area contributed by atoms with Gasteiger partial charge in [0.15, 0.2) is 0 Å². The van der Waals surface area contributed by atoms with Crippen molar-refractivity contribution in [3.05, 3.63) is 93.8 Å². The van der Waals surface area contributed by atoms with Crippen molar-refractivity contribution in [1.29, 1.82) is 0 Å². The second-order valence-electron chi connectivity index (χ2n) is 8.34. The lowest BCUT2D eigenvalue weighted by Crippen LogP contribution is -2.27. The average Bonchev–Trinajstić information content (AvgIpc) is 2.83. The molecule has 180 valence electrons. The summed E-state index contributed by atoms with van der Waals surface area (Å²) in [5, 5.41) is 9.64. The topological polar surface area (TPSA) is 90.8 Å². The standard InChI is InChI=1S/C27H26ClN3O4/c1-16-13-19(14-29-25(16)31(5)26(33)18-9-7-6-8-10-18)20-11-12-21(23(28)17(20)2)24(32)22(27(34)35)15-30(3)4/h6-15H,1-5H3,(H,34,35)/b22-15-. The predicted octanol–water partition coefficient (Wildman–Crippen LogP) is 5.01. The van der Waals surface area contributed by atoms with E-state index in [0.717, 1.165) is 16.7 Å². The SMILES string of the molecule is Cc1cc(-c2ccc(C(=O)/C(=C/N(C)C)C(=O)O)c(Cl)c2C)cnc1N(C)C(=O)c1ccccc1. The van der Waals surface area contributed by atoms with Gasteiger partial charge in [0, 0.05) is 50.2 Å². The van der Waals surface area contributed by atoms with Crippen molar-refractivity contribution in [1.82, 2.24) is 9.88 Å². The molecule has 0 radical (unpaired) electrons. The molecular formula is C27H26ClN3O4. The van der Waals surface area contributed by atoms with Gasteiger partial charge in [-0.1, -0.05) is 35.9 Å². The molecule has 0 aliphatic rings. The summed E-state index contributed by atoms with van der Waals surface area (Å²) in [4.78, 5) is 44.8. The fourth-order valence-electron chi connectivity index (χ4n) is 3.72. The van der Waals surface area contributed by atoms with Gasteiger partial charge in [-0.15, -0.1) is 0 Å². The number of benzene rings is 2. The Balaban J connectivity index is 1.96. The number of rotatable bonds is 7. The summed E-state index contributed by atoms with van der Waals surface area (Å²) in [7, 11) is 4.94. The Kier molecular flexibility index (Phi) is 7.71. The number of halogens is 1. The van der Waals surface area contributed by atoms with Gasteiger partial charge in [0.05, 0.1) is 5.02 Å². The molecule has 0 atom stereocenters. The summed E-state index contributed by atoms with van der Waals surface area (Å²) in [6.07, 6.45) is 2.90. The average molecular weight is 492 g/mol. The van der Waals surface area contributed by atoms with Gasteiger partial charge < -0.3 is 10.0 Å². The number of carbonyl (C=O) groups is 3. The molecule has 0 spiro atoms. The largest absolute Gasteiger partial charge is 0.477 e. The minimum Gasteiger partial charge on any atom is -0.477 e. The third-order valence-electron chi connectivity index (χ3n) is 5.50. The fraction of sp³-hybridized carbons (Fsp3) is 0.185. The zero-order valence-electron chi connectivity index (χ0n) is 20.2. The number of anilines is 1. The molecule has 1 heterocycles. The first kappa shape index (κ1) is 25.6. The van der Waals surface area contributed by atoms with Gasteiger partial charge in [0.1, 0.15) is 11.4 Å². The molecule has 35 heavy (non-hydrogen) atoms. The molecule has 1 N–H and O–H groups in total. The van der Waals surface area contributed by atoms with Crippen LogP contribution in [0.25, 0.3) is 11.1 Å². The summed E-state index contributed by atoms with van der Waals surface area (Å²) in [6.45, 7) is 3.62. The number of carboxylic acid groups (broad SMARTS) is 1. The lowest BCUT2D eigenvalue weighted by atomic mass is 9.95. The lowest BCUT2D eigenvalue weighted by molar-refractivity contribution is -0.132. The molecule has 8 heteroatoms. The summed E-state index contributed by atoms with van der Waals surface area (Å²) in [5.74, 6) is -1.64. The Morgan fingerprint density at radius 2 is 1.66 bits per heavy atom. The minimum absolute atomic E-state index is 0.109. The number of aliphatic carboxylic acids is 1. The van der Waals surface area contributed by atoms with E-state index >= 15 is 0 Å². The molecule has 0 bridgehead atoms. The van der Waals surface area contributed by atoms with E-state index in [0.29, 0.717) is 16.9 Å². The monoisotopic (exact) mass is 491 g/mol. The van der Waals surface area contributed by atoms with Crippen molar-refractivity contribution in [2.24, 2.45) is 0 Å². The minimum atomic E-state index is -1.33. The smallest absolute Gasteiger partial charge is 0.341 e. The number of amides is 1. The van der Waals surface area contributed by atoms with Gasteiger partial charge in [0.2, 0.25) is 5.78 Å². The van der Waals surface area contributed by atoms with Crippen LogP contribution in [0, 0.1) is 13.8 Å².